The molecule has 1 aliphatic carbocycles. The number of amides is 1. The highest BCUT2D eigenvalue weighted by atomic mass is 16.5. The molecule has 1 aliphatic rings. The first-order valence-corrected chi connectivity index (χ1v) is 12.2. The third kappa shape index (κ3) is 4.06. The number of nitrogens with one attached hydrogen (secondary N) is 1. The van der Waals surface area contributed by atoms with Crippen molar-refractivity contribution in [2.75, 3.05) is 5.32 Å². The number of carbonyl (C=O) groups is 1. The van der Waals surface area contributed by atoms with Crippen LogP contribution in [0.2, 0.25) is 0 Å². The fraction of sp³-hybridized carbons (Fsp3) is 0.296. The minimum absolute atomic E-state index is 0.0245. The van der Waals surface area contributed by atoms with E-state index in [-0.39, 0.29) is 24.6 Å². The summed E-state index contributed by atoms with van der Waals surface area (Å²) in [5.41, 5.74) is 3.34. The summed E-state index contributed by atoms with van der Waals surface area (Å²) in [5, 5.41) is 7.80. The number of para-hydroxylation sites is 1. The molecule has 0 aliphatic heterocycles. The maximum atomic E-state index is 13.6. The van der Waals surface area contributed by atoms with Gasteiger partial charge in [0, 0.05) is 17.0 Å². The molecule has 6 rings (SSSR count). The number of benzene rings is 2. The molecule has 2 aromatic carbocycles. The summed E-state index contributed by atoms with van der Waals surface area (Å²) < 4.78 is 8.54. The lowest BCUT2D eigenvalue weighted by Crippen LogP contribution is -2.25. The van der Waals surface area contributed by atoms with Crippen molar-refractivity contribution in [3.05, 3.63) is 82.5 Å². The van der Waals surface area contributed by atoms with Crippen LogP contribution in [0.3, 0.4) is 0 Å². The molecule has 1 N–H and O–H groups in total. The van der Waals surface area contributed by atoms with Crippen LogP contribution in [0.15, 0.2) is 64.2 Å². The minimum atomic E-state index is -0.267. The minimum Gasteiger partial charge on any atom is -0.337 e. The van der Waals surface area contributed by atoms with Crippen LogP contribution in [0.1, 0.15) is 55.8 Å². The van der Waals surface area contributed by atoms with E-state index in [1.807, 2.05) is 48.5 Å². The number of hydrogen-bond acceptors (Lipinski definition) is 6. The van der Waals surface area contributed by atoms with Gasteiger partial charge < -0.3 is 14.4 Å². The molecule has 5 aromatic rings. The number of hydrogen-bond donors (Lipinski definition) is 1. The van der Waals surface area contributed by atoms with Crippen LogP contribution in [0, 0.1) is 0 Å². The Labute approximate surface area is 206 Å². The average molecular weight is 483 g/mol. The van der Waals surface area contributed by atoms with E-state index in [0.29, 0.717) is 40.3 Å². The molecule has 1 amide bonds. The van der Waals surface area contributed by atoms with Gasteiger partial charge in [0.25, 0.3) is 5.56 Å². The zero-order valence-electron chi connectivity index (χ0n) is 20.1. The second-order valence-corrected chi connectivity index (χ2v) is 9.62. The van der Waals surface area contributed by atoms with Gasteiger partial charge in [-0.25, -0.2) is 4.98 Å². The van der Waals surface area contributed by atoms with Gasteiger partial charge in [0.15, 0.2) is 5.82 Å². The van der Waals surface area contributed by atoms with E-state index in [1.54, 1.807) is 4.57 Å². The van der Waals surface area contributed by atoms with Crippen LogP contribution >= 0.6 is 0 Å². The number of nitrogens with zero attached hydrogens (tertiary/aromatic N) is 5. The molecule has 0 spiro atoms. The average Bonchev–Trinajstić information content (AvgIpc) is 3.54. The van der Waals surface area contributed by atoms with Gasteiger partial charge in [-0.15, -0.1) is 0 Å². The van der Waals surface area contributed by atoms with Crippen molar-refractivity contribution < 1.29 is 9.32 Å². The number of fused-ring (bicyclic) bond motifs is 3. The Morgan fingerprint density at radius 3 is 2.67 bits per heavy atom. The Bertz CT molecular complexity index is 1640. The summed E-state index contributed by atoms with van der Waals surface area (Å²) in [6.07, 6.45) is 3.63. The van der Waals surface area contributed by atoms with Gasteiger partial charge in [-0.05, 0) is 42.5 Å². The summed E-state index contributed by atoms with van der Waals surface area (Å²) in [5.74, 6) is 1.61. The van der Waals surface area contributed by atoms with Gasteiger partial charge in [0.2, 0.25) is 11.8 Å². The second-order valence-electron chi connectivity index (χ2n) is 9.62. The van der Waals surface area contributed by atoms with Crippen LogP contribution < -0.4 is 10.9 Å². The van der Waals surface area contributed by atoms with Gasteiger partial charge in [-0.2, -0.15) is 4.98 Å². The van der Waals surface area contributed by atoms with Gasteiger partial charge in [-0.1, -0.05) is 49.3 Å². The van der Waals surface area contributed by atoms with Crippen molar-refractivity contribution in [2.45, 2.75) is 51.6 Å². The fourth-order valence-electron chi connectivity index (χ4n) is 4.51. The van der Waals surface area contributed by atoms with Crippen molar-refractivity contribution in [1.29, 1.82) is 0 Å². The van der Waals surface area contributed by atoms with Gasteiger partial charge in [0.05, 0.1) is 11.8 Å². The SMILES string of the molecule is CC(C)c1ccc(NC(=O)Cn2c3ccccc3c3ncn(Cc4nc(C5CC5)no4)c(=O)c32)cc1. The first kappa shape index (κ1) is 22.2. The molecule has 0 bridgehead atoms. The Morgan fingerprint density at radius 2 is 1.92 bits per heavy atom. The number of anilines is 1. The van der Waals surface area contributed by atoms with E-state index < -0.39 is 0 Å². The highest BCUT2D eigenvalue weighted by Gasteiger charge is 2.29. The van der Waals surface area contributed by atoms with Gasteiger partial charge in [0.1, 0.15) is 24.1 Å². The Kier molecular flexibility index (Phi) is 5.40. The lowest BCUT2D eigenvalue weighted by atomic mass is 10.0. The molecule has 9 nitrogen and oxygen atoms in total. The molecule has 0 unspecified atom stereocenters. The monoisotopic (exact) mass is 482 g/mol. The molecule has 36 heavy (non-hydrogen) atoms. The highest BCUT2D eigenvalue weighted by molar-refractivity contribution is 6.06. The second kappa shape index (κ2) is 8.75. The number of carbonyl (C=O) groups excluding carboxylic acids is 1. The van der Waals surface area contributed by atoms with Crippen LogP contribution in [0.5, 0.6) is 0 Å². The lowest BCUT2D eigenvalue weighted by molar-refractivity contribution is -0.116. The highest BCUT2D eigenvalue weighted by Crippen LogP contribution is 2.38. The van der Waals surface area contributed by atoms with E-state index in [0.717, 1.165) is 23.7 Å². The van der Waals surface area contributed by atoms with Gasteiger partial charge >= 0.3 is 0 Å². The van der Waals surface area contributed by atoms with Crippen molar-refractivity contribution in [2.24, 2.45) is 0 Å². The van der Waals surface area contributed by atoms with Crippen LogP contribution in [0.25, 0.3) is 21.9 Å². The Balaban J connectivity index is 1.34. The van der Waals surface area contributed by atoms with Crippen LogP contribution in [-0.2, 0) is 17.9 Å². The largest absolute Gasteiger partial charge is 0.337 e. The van der Waals surface area contributed by atoms with Gasteiger partial charge in [-0.3, -0.25) is 14.2 Å². The van der Waals surface area contributed by atoms with Crippen molar-refractivity contribution >= 4 is 33.5 Å². The van der Waals surface area contributed by atoms with Crippen molar-refractivity contribution in [3.63, 3.8) is 0 Å². The summed E-state index contributed by atoms with van der Waals surface area (Å²) >= 11 is 0. The van der Waals surface area contributed by atoms with Crippen molar-refractivity contribution in [1.82, 2.24) is 24.3 Å². The standard InChI is InChI=1S/C27H26N6O3/c1-16(2)17-9-11-19(12-10-17)29-22(34)13-33-21-6-4-3-5-20(21)24-25(33)27(35)32(15-28-24)14-23-30-26(31-36-23)18-7-8-18/h3-6,9-12,15-16,18H,7-8,13-14H2,1-2H3,(H,29,34). The van der Waals surface area contributed by atoms with E-state index in [4.69, 9.17) is 4.52 Å². The van der Waals surface area contributed by atoms with E-state index in [1.165, 1.54) is 16.5 Å². The molecule has 0 atom stereocenters. The fourth-order valence-corrected chi connectivity index (χ4v) is 4.51. The number of rotatable bonds is 7. The maximum Gasteiger partial charge on any atom is 0.278 e. The zero-order valence-corrected chi connectivity index (χ0v) is 20.1. The third-order valence-corrected chi connectivity index (χ3v) is 6.63. The normalized spacial score (nSPS) is 13.6. The Hall–Kier alpha value is -4.27. The summed E-state index contributed by atoms with van der Waals surface area (Å²) in [4.78, 5) is 35.7. The quantitative estimate of drug-likeness (QED) is 0.368. The zero-order chi connectivity index (χ0) is 24.8. The molecular formula is C27H26N6O3. The first-order chi connectivity index (χ1) is 17.5. The summed E-state index contributed by atoms with van der Waals surface area (Å²) in [6, 6.07) is 15.4. The molecule has 182 valence electrons. The topological polar surface area (TPSA) is 108 Å². The summed E-state index contributed by atoms with van der Waals surface area (Å²) in [6.45, 7) is 4.35. The van der Waals surface area contributed by atoms with E-state index in [2.05, 4.69) is 34.3 Å². The molecule has 9 heteroatoms. The first-order valence-electron chi connectivity index (χ1n) is 12.2. The molecule has 1 saturated carbocycles. The molecule has 1 fully saturated rings. The third-order valence-electron chi connectivity index (χ3n) is 6.63. The van der Waals surface area contributed by atoms with Crippen molar-refractivity contribution in [3.8, 4) is 0 Å². The smallest absolute Gasteiger partial charge is 0.278 e. The predicted molar refractivity (Wildman–Crippen MR) is 136 cm³/mol. The van der Waals surface area contributed by atoms with E-state index >= 15 is 0 Å². The number of aromatic nitrogens is 5. The maximum absolute atomic E-state index is 13.6. The molecule has 0 saturated heterocycles. The van der Waals surface area contributed by atoms with Crippen LogP contribution in [0.4, 0.5) is 5.69 Å². The molecule has 3 heterocycles. The predicted octanol–water partition coefficient (Wildman–Crippen LogP) is 4.42. The van der Waals surface area contributed by atoms with Crippen LogP contribution in [-0.4, -0.2) is 30.2 Å². The van der Waals surface area contributed by atoms with E-state index in [9.17, 15) is 9.59 Å². The molecule has 0 radical (unpaired) electrons. The summed E-state index contributed by atoms with van der Waals surface area (Å²) in [7, 11) is 0. The molecular weight excluding hydrogens is 456 g/mol. The molecule has 3 aromatic heterocycles. The lowest BCUT2D eigenvalue weighted by Gasteiger charge is -2.10. The Morgan fingerprint density at radius 1 is 1.14 bits per heavy atom.